The van der Waals surface area contributed by atoms with Crippen molar-refractivity contribution < 1.29 is 14.6 Å². The van der Waals surface area contributed by atoms with Crippen LogP contribution in [0, 0.1) is 0 Å². The number of carbonyl (C=O) groups excluding carboxylic acids is 1. The van der Waals surface area contributed by atoms with Crippen LogP contribution in [0.3, 0.4) is 0 Å². The average Bonchev–Trinajstić information content (AvgIpc) is 2.27. The van der Waals surface area contributed by atoms with Gasteiger partial charge in [0, 0.05) is 5.54 Å². The fourth-order valence-corrected chi connectivity index (χ4v) is 1.96. The molecule has 0 bridgehead atoms. The second kappa shape index (κ2) is 6.48. The van der Waals surface area contributed by atoms with E-state index in [0.717, 1.165) is 5.56 Å². The van der Waals surface area contributed by atoms with Crippen molar-refractivity contribution in [2.45, 2.75) is 65.1 Å². The Morgan fingerprint density at radius 3 is 2.10 bits per heavy atom. The molecule has 2 N–H and O–H groups in total. The summed E-state index contributed by atoms with van der Waals surface area (Å²) in [6.45, 7) is 11.6. The molecule has 0 amide bonds. The molecule has 1 atom stereocenters. The van der Waals surface area contributed by atoms with Gasteiger partial charge < -0.3 is 9.84 Å². The fraction of sp³-hybridized carbons (Fsp3) is 0.588. The molecular weight excluding hydrogens is 266 g/mol. The molecule has 0 aliphatic heterocycles. The Morgan fingerprint density at radius 1 is 1.14 bits per heavy atom. The number of hydrogen-bond acceptors (Lipinski definition) is 4. The third-order valence-corrected chi connectivity index (χ3v) is 2.67. The lowest BCUT2D eigenvalue weighted by atomic mass is 10.0. The second-order valence-corrected chi connectivity index (χ2v) is 7.35. The minimum Gasteiger partial charge on any atom is -0.508 e. The average molecular weight is 293 g/mol. The maximum atomic E-state index is 12.4. The monoisotopic (exact) mass is 293 g/mol. The van der Waals surface area contributed by atoms with E-state index < -0.39 is 11.6 Å². The Kier molecular flexibility index (Phi) is 5.40. The molecular formula is C17H27NO3. The van der Waals surface area contributed by atoms with Crippen LogP contribution < -0.4 is 5.32 Å². The smallest absolute Gasteiger partial charge is 0.324 e. The molecule has 0 aliphatic rings. The molecule has 118 valence electrons. The third kappa shape index (κ3) is 7.14. The normalized spacial score (nSPS) is 13.8. The number of aromatic hydroxyl groups is 1. The van der Waals surface area contributed by atoms with Crippen LogP contribution in [-0.4, -0.2) is 28.3 Å². The molecule has 0 fully saturated rings. The summed E-state index contributed by atoms with van der Waals surface area (Å²) in [5.74, 6) is -0.0400. The zero-order valence-corrected chi connectivity index (χ0v) is 13.9. The predicted octanol–water partition coefficient (Wildman–Crippen LogP) is 3.03. The van der Waals surface area contributed by atoms with E-state index in [1.54, 1.807) is 12.1 Å². The van der Waals surface area contributed by atoms with Crippen molar-refractivity contribution in [3.63, 3.8) is 0 Å². The lowest BCUT2D eigenvalue weighted by molar-refractivity contribution is -0.158. The van der Waals surface area contributed by atoms with Crippen LogP contribution >= 0.6 is 0 Å². The molecule has 0 aliphatic carbocycles. The van der Waals surface area contributed by atoms with Crippen LogP contribution in [0.25, 0.3) is 0 Å². The van der Waals surface area contributed by atoms with E-state index in [2.05, 4.69) is 5.32 Å². The Bertz CT molecular complexity index is 466. The number of esters is 1. The minimum atomic E-state index is -0.510. The predicted molar refractivity (Wildman–Crippen MR) is 84.3 cm³/mol. The first-order valence-corrected chi connectivity index (χ1v) is 7.25. The zero-order chi connectivity index (χ0) is 16.3. The maximum absolute atomic E-state index is 12.4. The van der Waals surface area contributed by atoms with E-state index in [0.29, 0.717) is 6.42 Å². The van der Waals surface area contributed by atoms with Crippen LogP contribution in [0.15, 0.2) is 24.3 Å². The number of phenolic OH excluding ortho intramolecular Hbond substituents is 1. The summed E-state index contributed by atoms with van der Waals surface area (Å²) in [6, 6.07) is 6.46. The van der Waals surface area contributed by atoms with Crippen LogP contribution in [0.5, 0.6) is 5.75 Å². The van der Waals surface area contributed by atoms with Crippen LogP contribution in [0.1, 0.15) is 47.1 Å². The van der Waals surface area contributed by atoms with Gasteiger partial charge in [0.1, 0.15) is 17.4 Å². The van der Waals surface area contributed by atoms with Crippen molar-refractivity contribution in [1.29, 1.82) is 0 Å². The summed E-state index contributed by atoms with van der Waals surface area (Å²) >= 11 is 0. The third-order valence-electron chi connectivity index (χ3n) is 2.67. The Morgan fingerprint density at radius 2 is 1.67 bits per heavy atom. The van der Waals surface area contributed by atoms with Gasteiger partial charge in [-0.25, -0.2) is 0 Å². The molecule has 0 unspecified atom stereocenters. The molecule has 0 spiro atoms. The minimum absolute atomic E-state index is 0.196. The lowest BCUT2D eigenvalue weighted by Gasteiger charge is -2.30. The highest BCUT2D eigenvalue weighted by atomic mass is 16.6. The molecule has 1 aromatic carbocycles. The van der Waals surface area contributed by atoms with Gasteiger partial charge >= 0.3 is 5.97 Å². The summed E-state index contributed by atoms with van der Waals surface area (Å²) in [4.78, 5) is 12.4. The highest BCUT2D eigenvalue weighted by molar-refractivity contribution is 5.76. The van der Waals surface area contributed by atoms with Gasteiger partial charge in [-0.1, -0.05) is 12.1 Å². The van der Waals surface area contributed by atoms with Crippen molar-refractivity contribution in [2.75, 3.05) is 0 Å². The van der Waals surface area contributed by atoms with Gasteiger partial charge in [0.25, 0.3) is 0 Å². The first kappa shape index (κ1) is 17.5. The molecule has 0 radical (unpaired) electrons. The molecule has 0 saturated heterocycles. The number of carbonyl (C=O) groups is 1. The summed E-state index contributed by atoms with van der Waals surface area (Å²) < 4.78 is 5.49. The van der Waals surface area contributed by atoms with Crippen molar-refractivity contribution >= 4 is 5.97 Å². The van der Waals surface area contributed by atoms with Crippen LogP contribution in [0.4, 0.5) is 0 Å². The lowest BCUT2D eigenvalue weighted by Crippen LogP contribution is -2.50. The first-order chi connectivity index (χ1) is 9.46. The Balaban J connectivity index is 2.86. The number of ether oxygens (including phenoxy) is 1. The number of rotatable bonds is 4. The quantitative estimate of drug-likeness (QED) is 0.838. The van der Waals surface area contributed by atoms with Crippen molar-refractivity contribution in [3.05, 3.63) is 29.8 Å². The summed E-state index contributed by atoms with van der Waals surface area (Å²) in [7, 11) is 0. The molecule has 0 heterocycles. The van der Waals surface area contributed by atoms with Gasteiger partial charge in [-0.2, -0.15) is 0 Å². The largest absolute Gasteiger partial charge is 0.508 e. The highest BCUT2D eigenvalue weighted by Gasteiger charge is 2.28. The number of nitrogens with one attached hydrogen (secondary N) is 1. The van der Waals surface area contributed by atoms with E-state index in [1.807, 2.05) is 53.7 Å². The van der Waals surface area contributed by atoms with Crippen LogP contribution in [-0.2, 0) is 16.0 Å². The van der Waals surface area contributed by atoms with Crippen molar-refractivity contribution in [2.24, 2.45) is 0 Å². The molecule has 0 aromatic heterocycles. The molecule has 1 rings (SSSR count). The molecule has 4 heteroatoms. The number of hydrogen-bond donors (Lipinski definition) is 2. The molecule has 21 heavy (non-hydrogen) atoms. The molecule has 0 saturated carbocycles. The van der Waals surface area contributed by atoms with E-state index in [1.165, 1.54) is 0 Å². The van der Waals surface area contributed by atoms with Crippen molar-refractivity contribution in [1.82, 2.24) is 5.32 Å². The summed E-state index contributed by atoms with van der Waals surface area (Å²) in [6.07, 6.45) is 0.520. The molecule has 1 aromatic rings. The zero-order valence-electron chi connectivity index (χ0n) is 13.9. The Labute approximate surface area is 127 Å². The van der Waals surface area contributed by atoms with Crippen molar-refractivity contribution in [3.8, 4) is 5.75 Å². The number of benzene rings is 1. The first-order valence-electron chi connectivity index (χ1n) is 7.25. The standard InChI is InChI=1S/C17H27NO3/c1-16(2,3)18-14(15(20)21-17(4,5)6)11-12-7-9-13(19)10-8-12/h7-10,14,18-19H,11H2,1-6H3/t14-/m0/s1. The number of phenols is 1. The van der Waals surface area contributed by atoms with Gasteiger partial charge in [0.05, 0.1) is 0 Å². The van der Waals surface area contributed by atoms with Gasteiger partial charge in [-0.15, -0.1) is 0 Å². The van der Waals surface area contributed by atoms with Gasteiger partial charge in [0.2, 0.25) is 0 Å². The van der Waals surface area contributed by atoms with Crippen LogP contribution in [0.2, 0.25) is 0 Å². The van der Waals surface area contributed by atoms with Gasteiger partial charge in [-0.3, -0.25) is 10.1 Å². The Hall–Kier alpha value is -1.55. The second-order valence-electron chi connectivity index (χ2n) is 7.35. The van der Waals surface area contributed by atoms with E-state index in [4.69, 9.17) is 4.74 Å². The maximum Gasteiger partial charge on any atom is 0.324 e. The fourth-order valence-electron chi connectivity index (χ4n) is 1.96. The molecule has 4 nitrogen and oxygen atoms in total. The van der Waals surface area contributed by atoms with Gasteiger partial charge in [-0.05, 0) is 65.7 Å². The van der Waals surface area contributed by atoms with Gasteiger partial charge in [0.15, 0.2) is 0 Å². The highest BCUT2D eigenvalue weighted by Crippen LogP contribution is 2.16. The van der Waals surface area contributed by atoms with E-state index in [-0.39, 0.29) is 17.3 Å². The topological polar surface area (TPSA) is 58.6 Å². The van der Waals surface area contributed by atoms with E-state index >= 15 is 0 Å². The summed E-state index contributed by atoms with van der Waals surface area (Å²) in [5.41, 5.74) is 0.267. The van der Waals surface area contributed by atoms with E-state index in [9.17, 15) is 9.90 Å². The summed E-state index contributed by atoms with van der Waals surface area (Å²) in [5, 5.41) is 12.6. The SMILES string of the molecule is CC(C)(C)N[C@@H](Cc1ccc(O)cc1)C(=O)OC(C)(C)C.